The lowest BCUT2D eigenvalue weighted by atomic mass is 10.2. The van der Waals surface area contributed by atoms with E-state index in [4.69, 9.17) is 5.11 Å². The summed E-state index contributed by atoms with van der Waals surface area (Å²) in [5, 5.41) is 11.7. The lowest BCUT2D eigenvalue weighted by Gasteiger charge is -2.23. The Morgan fingerprint density at radius 1 is 1.44 bits per heavy atom. The maximum atomic E-state index is 12.0. The van der Waals surface area contributed by atoms with Gasteiger partial charge >= 0.3 is 12.0 Å². The lowest BCUT2D eigenvalue weighted by molar-refractivity contribution is -0.137. The molecule has 0 bridgehead atoms. The SMILES string of the molecule is CCCC1CC1NC(=O)N(CC(=O)O)CC(C)C. The van der Waals surface area contributed by atoms with Crippen LogP contribution in [0.15, 0.2) is 0 Å². The van der Waals surface area contributed by atoms with E-state index in [-0.39, 0.29) is 24.5 Å². The van der Waals surface area contributed by atoms with Gasteiger partial charge in [-0.1, -0.05) is 27.2 Å². The highest BCUT2D eigenvalue weighted by atomic mass is 16.4. The molecule has 5 heteroatoms. The van der Waals surface area contributed by atoms with Gasteiger partial charge in [0.15, 0.2) is 0 Å². The molecule has 2 N–H and O–H groups in total. The van der Waals surface area contributed by atoms with Crippen LogP contribution in [0.1, 0.15) is 40.0 Å². The molecule has 104 valence electrons. The number of hydrogen-bond acceptors (Lipinski definition) is 2. The summed E-state index contributed by atoms with van der Waals surface area (Å²) in [6.45, 7) is 6.32. The van der Waals surface area contributed by atoms with Gasteiger partial charge in [0.05, 0.1) is 0 Å². The quantitative estimate of drug-likeness (QED) is 0.731. The van der Waals surface area contributed by atoms with Crippen LogP contribution in [0.2, 0.25) is 0 Å². The van der Waals surface area contributed by atoms with Gasteiger partial charge in [-0.2, -0.15) is 0 Å². The number of urea groups is 1. The molecule has 0 saturated heterocycles. The number of carbonyl (C=O) groups is 2. The van der Waals surface area contributed by atoms with Gasteiger partial charge in [-0.05, 0) is 24.7 Å². The van der Waals surface area contributed by atoms with Crippen LogP contribution in [0.25, 0.3) is 0 Å². The summed E-state index contributed by atoms with van der Waals surface area (Å²) >= 11 is 0. The smallest absolute Gasteiger partial charge is 0.323 e. The summed E-state index contributed by atoms with van der Waals surface area (Å²) in [7, 11) is 0. The minimum Gasteiger partial charge on any atom is -0.480 e. The number of carboxylic acid groups (broad SMARTS) is 1. The van der Waals surface area contributed by atoms with Crippen molar-refractivity contribution in [1.82, 2.24) is 10.2 Å². The molecule has 1 saturated carbocycles. The summed E-state index contributed by atoms with van der Waals surface area (Å²) in [4.78, 5) is 24.1. The Morgan fingerprint density at radius 3 is 2.61 bits per heavy atom. The average Bonchev–Trinajstić information content (AvgIpc) is 2.94. The number of amides is 2. The number of rotatable bonds is 7. The molecular weight excluding hydrogens is 232 g/mol. The topological polar surface area (TPSA) is 69.6 Å². The van der Waals surface area contributed by atoms with Gasteiger partial charge in [-0.3, -0.25) is 4.79 Å². The molecule has 1 aliphatic carbocycles. The highest BCUT2D eigenvalue weighted by molar-refractivity contribution is 5.80. The van der Waals surface area contributed by atoms with Gasteiger partial charge in [0, 0.05) is 12.6 Å². The number of hydrogen-bond donors (Lipinski definition) is 2. The molecule has 1 aliphatic rings. The van der Waals surface area contributed by atoms with Gasteiger partial charge in [-0.15, -0.1) is 0 Å². The van der Waals surface area contributed by atoms with E-state index >= 15 is 0 Å². The normalized spacial score (nSPS) is 21.8. The molecule has 0 spiro atoms. The zero-order valence-electron chi connectivity index (χ0n) is 11.5. The van der Waals surface area contributed by atoms with E-state index in [0.29, 0.717) is 12.5 Å². The summed E-state index contributed by atoms with van der Waals surface area (Å²) < 4.78 is 0. The molecule has 1 fully saturated rings. The van der Waals surface area contributed by atoms with Gasteiger partial charge in [0.2, 0.25) is 0 Å². The first-order valence-corrected chi connectivity index (χ1v) is 6.71. The second-order valence-corrected chi connectivity index (χ2v) is 5.51. The third-order valence-corrected chi connectivity index (χ3v) is 3.09. The van der Waals surface area contributed by atoms with Crippen molar-refractivity contribution in [2.24, 2.45) is 11.8 Å². The maximum Gasteiger partial charge on any atom is 0.323 e. The van der Waals surface area contributed by atoms with Crippen molar-refractivity contribution in [2.45, 2.75) is 46.1 Å². The van der Waals surface area contributed by atoms with Crippen molar-refractivity contribution < 1.29 is 14.7 Å². The van der Waals surface area contributed by atoms with Crippen molar-refractivity contribution >= 4 is 12.0 Å². The lowest BCUT2D eigenvalue weighted by Crippen LogP contribution is -2.45. The van der Waals surface area contributed by atoms with E-state index in [9.17, 15) is 9.59 Å². The van der Waals surface area contributed by atoms with E-state index in [2.05, 4.69) is 12.2 Å². The summed E-state index contributed by atoms with van der Waals surface area (Å²) in [5.74, 6) is -0.114. The number of carboxylic acids is 1. The van der Waals surface area contributed by atoms with Crippen molar-refractivity contribution in [3.63, 3.8) is 0 Å². The molecule has 18 heavy (non-hydrogen) atoms. The molecule has 1 rings (SSSR count). The fourth-order valence-corrected chi connectivity index (χ4v) is 2.19. The van der Waals surface area contributed by atoms with Crippen LogP contribution in [0.3, 0.4) is 0 Å². The van der Waals surface area contributed by atoms with E-state index in [1.165, 1.54) is 4.90 Å². The van der Waals surface area contributed by atoms with Crippen LogP contribution in [0.5, 0.6) is 0 Å². The predicted molar refractivity (Wildman–Crippen MR) is 69.4 cm³/mol. The molecule has 0 aromatic heterocycles. The van der Waals surface area contributed by atoms with Crippen molar-refractivity contribution in [2.75, 3.05) is 13.1 Å². The molecule has 2 atom stereocenters. The van der Waals surface area contributed by atoms with Gasteiger partial charge in [0.1, 0.15) is 6.54 Å². The first-order valence-electron chi connectivity index (χ1n) is 6.71. The Kier molecular flexibility index (Phi) is 5.44. The Morgan fingerprint density at radius 2 is 2.11 bits per heavy atom. The zero-order chi connectivity index (χ0) is 13.7. The first kappa shape index (κ1) is 14.8. The second kappa shape index (κ2) is 6.61. The number of carbonyl (C=O) groups excluding carboxylic acids is 1. The van der Waals surface area contributed by atoms with Gasteiger partial charge in [0.25, 0.3) is 0 Å². The van der Waals surface area contributed by atoms with E-state index in [0.717, 1.165) is 19.3 Å². The van der Waals surface area contributed by atoms with Gasteiger partial charge < -0.3 is 15.3 Å². The highest BCUT2D eigenvalue weighted by Crippen LogP contribution is 2.34. The standard InChI is InChI=1S/C13H24N2O3/c1-4-5-10-6-11(10)14-13(18)15(7-9(2)3)8-12(16)17/h9-11H,4-8H2,1-3H3,(H,14,18)(H,16,17). The van der Waals surface area contributed by atoms with Crippen LogP contribution in [0.4, 0.5) is 4.79 Å². The van der Waals surface area contributed by atoms with Crippen LogP contribution < -0.4 is 5.32 Å². The third-order valence-electron chi connectivity index (χ3n) is 3.09. The monoisotopic (exact) mass is 256 g/mol. The second-order valence-electron chi connectivity index (χ2n) is 5.51. The van der Waals surface area contributed by atoms with E-state index < -0.39 is 5.97 Å². The number of aliphatic carboxylic acids is 1. The molecule has 0 aromatic carbocycles. The van der Waals surface area contributed by atoms with Crippen molar-refractivity contribution in [3.8, 4) is 0 Å². The first-order chi connectivity index (χ1) is 8.43. The van der Waals surface area contributed by atoms with E-state index in [1.807, 2.05) is 13.8 Å². The third kappa shape index (κ3) is 4.94. The number of nitrogens with one attached hydrogen (secondary N) is 1. The Labute approximate surface area is 109 Å². The van der Waals surface area contributed by atoms with Gasteiger partial charge in [-0.25, -0.2) is 4.79 Å². The van der Waals surface area contributed by atoms with Crippen LogP contribution in [-0.2, 0) is 4.79 Å². The van der Waals surface area contributed by atoms with Crippen molar-refractivity contribution in [3.05, 3.63) is 0 Å². The minimum absolute atomic E-state index is 0.227. The number of nitrogens with zero attached hydrogens (tertiary/aromatic N) is 1. The summed E-state index contributed by atoms with van der Waals surface area (Å²) in [6, 6.07) is 0.00982. The molecule has 0 aliphatic heterocycles. The molecule has 5 nitrogen and oxygen atoms in total. The predicted octanol–water partition coefficient (Wildman–Crippen LogP) is 1.93. The largest absolute Gasteiger partial charge is 0.480 e. The summed E-state index contributed by atoms with van der Waals surface area (Å²) in [6.07, 6.45) is 3.29. The van der Waals surface area contributed by atoms with Crippen LogP contribution >= 0.6 is 0 Å². The Bertz CT molecular complexity index is 305. The molecule has 0 radical (unpaired) electrons. The fraction of sp³-hybridized carbons (Fsp3) is 0.846. The maximum absolute atomic E-state index is 12.0. The van der Waals surface area contributed by atoms with Crippen LogP contribution in [-0.4, -0.2) is 41.1 Å². The Balaban J connectivity index is 2.42. The highest BCUT2D eigenvalue weighted by Gasteiger charge is 2.38. The fourth-order valence-electron chi connectivity index (χ4n) is 2.19. The molecule has 2 amide bonds. The van der Waals surface area contributed by atoms with Crippen molar-refractivity contribution in [1.29, 1.82) is 0 Å². The molecule has 0 heterocycles. The molecular formula is C13H24N2O3. The average molecular weight is 256 g/mol. The Hall–Kier alpha value is -1.26. The molecule has 2 unspecified atom stereocenters. The summed E-state index contributed by atoms with van der Waals surface area (Å²) in [5.41, 5.74) is 0. The minimum atomic E-state index is -0.966. The zero-order valence-corrected chi connectivity index (χ0v) is 11.5. The van der Waals surface area contributed by atoms with E-state index in [1.54, 1.807) is 0 Å². The van der Waals surface area contributed by atoms with Crippen LogP contribution in [0, 0.1) is 11.8 Å². The molecule has 0 aromatic rings.